The Balaban J connectivity index is 2.36. The van der Waals surface area contributed by atoms with Gasteiger partial charge in [-0.3, -0.25) is 4.68 Å². The van der Waals surface area contributed by atoms with Crippen LogP contribution in [0.1, 0.15) is 32.8 Å². The van der Waals surface area contributed by atoms with Crippen molar-refractivity contribution in [2.75, 3.05) is 5.73 Å². The maximum atomic E-state index is 5.99. The van der Waals surface area contributed by atoms with Crippen LogP contribution in [0.15, 0.2) is 30.5 Å². The Morgan fingerprint density at radius 2 is 1.83 bits per heavy atom. The largest absolute Gasteiger partial charge is 0.383 e. The zero-order valence-corrected chi connectivity index (χ0v) is 11.6. The van der Waals surface area contributed by atoms with Gasteiger partial charge >= 0.3 is 0 Å². The van der Waals surface area contributed by atoms with Gasteiger partial charge in [-0.05, 0) is 23.0 Å². The first-order valence-corrected chi connectivity index (χ1v) is 6.34. The van der Waals surface area contributed by atoms with Crippen LogP contribution < -0.4 is 5.73 Å². The quantitative estimate of drug-likeness (QED) is 0.898. The molecule has 0 amide bonds. The van der Waals surface area contributed by atoms with Crippen molar-refractivity contribution in [1.29, 1.82) is 0 Å². The van der Waals surface area contributed by atoms with Gasteiger partial charge in [-0.25, -0.2) is 0 Å². The number of nitrogens with zero attached hydrogens (tertiary/aromatic N) is 2. The second kappa shape index (κ2) is 4.48. The molecule has 2 rings (SSSR count). The molecular formula is C15H21N3. The van der Waals surface area contributed by atoms with Crippen LogP contribution in [0.3, 0.4) is 0 Å². The zero-order valence-electron chi connectivity index (χ0n) is 11.6. The third kappa shape index (κ3) is 2.13. The first kappa shape index (κ1) is 12.7. The van der Waals surface area contributed by atoms with E-state index in [4.69, 9.17) is 5.73 Å². The summed E-state index contributed by atoms with van der Waals surface area (Å²) in [6.45, 7) is 6.74. The highest BCUT2D eigenvalue weighted by atomic mass is 15.3. The highest BCUT2D eigenvalue weighted by Crippen LogP contribution is 2.30. The van der Waals surface area contributed by atoms with Crippen molar-refractivity contribution in [3.8, 4) is 11.1 Å². The molecule has 0 atom stereocenters. The first-order chi connectivity index (χ1) is 8.45. The van der Waals surface area contributed by atoms with Crippen molar-refractivity contribution in [3.05, 3.63) is 36.0 Å². The number of hydrogen-bond acceptors (Lipinski definition) is 2. The molecule has 0 fully saturated rings. The standard InChI is InChI=1S/C15H21N3/c1-5-15(2,3)12-8-6-11(7-9-12)13-10-17-18(4)14(13)16/h6-10H,5,16H2,1-4H3. The molecule has 0 radical (unpaired) electrons. The maximum Gasteiger partial charge on any atom is 0.129 e. The predicted molar refractivity (Wildman–Crippen MR) is 76.4 cm³/mol. The second-order valence-corrected chi connectivity index (χ2v) is 5.38. The number of aromatic nitrogens is 2. The van der Waals surface area contributed by atoms with Crippen molar-refractivity contribution in [1.82, 2.24) is 9.78 Å². The summed E-state index contributed by atoms with van der Waals surface area (Å²) >= 11 is 0. The Hall–Kier alpha value is -1.77. The van der Waals surface area contributed by atoms with E-state index in [9.17, 15) is 0 Å². The van der Waals surface area contributed by atoms with Crippen molar-refractivity contribution >= 4 is 5.82 Å². The fourth-order valence-corrected chi connectivity index (χ4v) is 1.97. The van der Waals surface area contributed by atoms with Crippen LogP contribution in [0.2, 0.25) is 0 Å². The van der Waals surface area contributed by atoms with Gasteiger partial charge in [0.2, 0.25) is 0 Å². The van der Waals surface area contributed by atoms with Crippen LogP contribution in [-0.2, 0) is 12.5 Å². The van der Waals surface area contributed by atoms with Gasteiger partial charge in [-0.2, -0.15) is 5.10 Å². The summed E-state index contributed by atoms with van der Waals surface area (Å²) in [5.41, 5.74) is 9.68. The lowest BCUT2D eigenvalue weighted by Gasteiger charge is -2.23. The lowest BCUT2D eigenvalue weighted by Crippen LogP contribution is -2.14. The molecule has 2 aromatic rings. The second-order valence-electron chi connectivity index (χ2n) is 5.38. The van der Waals surface area contributed by atoms with E-state index in [0.717, 1.165) is 17.5 Å². The minimum absolute atomic E-state index is 0.221. The molecule has 0 saturated heterocycles. The first-order valence-electron chi connectivity index (χ1n) is 6.34. The van der Waals surface area contributed by atoms with E-state index in [1.807, 2.05) is 13.2 Å². The summed E-state index contributed by atoms with van der Waals surface area (Å²) in [5, 5.41) is 4.17. The van der Waals surface area contributed by atoms with E-state index >= 15 is 0 Å². The van der Waals surface area contributed by atoms with Crippen LogP contribution in [0.4, 0.5) is 5.82 Å². The van der Waals surface area contributed by atoms with Crippen LogP contribution in [0, 0.1) is 0 Å². The molecule has 1 aromatic carbocycles. The van der Waals surface area contributed by atoms with E-state index in [1.165, 1.54) is 5.56 Å². The third-order valence-electron chi connectivity index (χ3n) is 3.85. The van der Waals surface area contributed by atoms with E-state index in [0.29, 0.717) is 5.82 Å². The Bertz CT molecular complexity index is 535. The van der Waals surface area contributed by atoms with Gasteiger partial charge < -0.3 is 5.73 Å². The van der Waals surface area contributed by atoms with Gasteiger partial charge in [0.1, 0.15) is 5.82 Å². The van der Waals surface area contributed by atoms with Gasteiger partial charge in [0.05, 0.1) is 6.20 Å². The molecule has 3 nitrogen and oxygen atoms in total. The van der Waals surface area contributed by atoms with Crippen LogP contribution in [-0.4, -0.2) is 9.78 Å². The molecule has 0 spiro atoms. The van der Waals surface area contributed by atoms with E-state index in [-0.39, 0.29) is 5.41 Å². The number of rotatable bonds is 3. The zero-order chi connectivity index (χ0) is 13.3. The minimum atomic E-state index is 0.221. The summed E-state index contributed by atoms with van der Waals surface area (Å²) in [6.07, 6.45) is 2.94. The minimum Gasteiger partial charge on any atom is -0.383 e. The number of aryl methyl sites for hydroxylation is 1. The number of benzene rings is 1. The molecule has 2 N–H and O–H groups in total. The number of nitrogens with two attached hydrogens (primary N) is 1. The monoisotopic (exact) mass is 243 g/mol. The summed E-state index contributed by atoms with van der Waals surface area (Å²) in [4.78, 5) is 0. The van der Waals surface area contributed by atoms with Gasteiger partial charge in [0.15, 0.2) is 0 Å². The Labute approximate surface area is 109 Å². The Morgan fingerprint density at radius 1 is 1.22 bits per heavy atom. The smallest absolute Gasteiger partial charge is 0.129 e. The molecule has 1 aromatic heterocycles. The molecule has 18 heavy (non-hydrogen) atoms. The fraction of sp³-hybridized carbons (Fsp3) is 0.400. The number of hydrogen-bond donors (Lipinski definition) is 1. The van der Waals surface area contributed by atoms with E-state index in [1.54, 1.807) is 4.68 Å². The predicted octanol–water partition coefficient (Wildman–Crippen LogP) is 3.36. The fourth-order valence-electron chi connectivity index (χ4n) is 1.97. The number of nitrogen functional groups attached to an aromatic ring is 1. The molecule has 0 aliphatic heterocycles. The molecule has 0 unspecified atom stereocenters. The van der Waals surface area contributed by atoms with Crippen molar-refractivity contribution < 1.29 is 0 Å². The molecular weight excluding hydrogens is 222 g/mol. The summed E-state index contributed by atoms with van der Waals surface area (Å²) < 4.78 is 1.69. The number of anilines is 1. The Morgan fingerprint density at radius 3 is 2.28 bits per heavy atom. The lowest BCUT2D eigenvalue weighted by atomic mass is 9.82. The molecule has 96 valence electrons. The summed E-state index contributed by atoms with van der Waals surface area (Å²) in [7, 11) is 1.85. The molecule has 0 aliphatic carbocycles. The van der Waals surface area contributed by atoms with Crippen molar-refractivity contribution in [2.45, 2.75) is 32.6 Å². The van der Waals surface area contributed by atoms with Gasteiger partial charge in [0.25, 0.3) is 0 Å². The topological polar surface area (TPSA) is 43.8 Å². The molecule has 0 saturated carbocycles. The van der Waals surface area contributed by atoms with Crippen LogP contribution in [0.5, 0.6) is 0 Å². The van der Waals surface area contributed by atoms with Gasteiger partial charge in [0, 0.05) is 12.6 Å². The van der Waals surface area contributed by atoms with Crippen LogP contribution >= 0.6 is 0 Å². The maximum absolute atomic E-state index is 5.99. The van der Waals surface area contributed by atoms with E-state index in [2.05, 4.69) is 50.1 Å². The lowest BCUT2D eigenvalue weighted by molar-refractivity contribution is 0.506. The molecule has 0 aliphatic rings. The normalized spacial score (nSPS) is 11.8. The molecule has 3 heteroatoms. The molecule has 0 bridgehead atoms. The van der Waals surface area contributed by atoms with Gasteiger partial charge in [-0.15, -0.1) is 0 Å². The summed E-state index contributed by atoms with van der Waals surface area (Å²) in [5.74, 6) is 0.706. The Kier molecular flexibility index (Phi) is 3.16. The van der Waals surface area contributed by atoms with Crippen LogP contribution in [0.25, 0.3) is 11.1 Å². The SMILES string of the molecule is CCC(C)(C)c1ccc(-c2cnn(C)c2N)cc1. The van der Waals surface area contributed by atoms with Crippen molar-refractivity contribution in [3.63, 3.8) is 0 Å². The van der Waals surface area contributed by atoms with Crippen molar-refractivity contribution in [2.24, 2.45) is 7.05 Å². The third-order valence-corrected chi connectivity index (χ3v) is 3.85. The molecule has 1 heterocycles. The van der Waals surface area contributed by atoms with E-state index < -0.39 is 0 Å². The average Bonchev–Trinajstić information content (AvgIpc) is 2.70. The van der Waals surface area contributed by atoms with Gasteiger partial charge in [-0.1, -0.05) is 45.0 Å². The average molecular weight is 243 g/mol. The highest BCUT2D eigenvalue weighted by molar-refractivity contribution is 5.73. The highest BCUT2D eigenvalue weighted by Gasteiger charge is 2.18. The summed E-state index contributed by atoms with van der Waals surface area (Å²) in [6, 6.07) is 8.62.